The van der Waals surface area contributed by atoms with E-state index < -0.39 is 46.9 Å². The fourth-order valence-electron chi connectivity index (χ4n) is 2.52. The van der Waals surface area contributed by atoms with Gasteiger partial charge in [0, 0.05) is 6.07 Å². The number of benzene rings is 1. The Morgan fingerprint density at radius 1 is 1.35 bits per heavy atom. The van der Waals surface area contributed by atoms with Gasteiger partial charge in [-0.1, -0.05) is 0 Å². The lowest BCUT2D eigenvalue weighted by Gasteiger charge is -2.44. The smallest absolute Gasteiger partial charge is 0.240 e. The first-order chi connectivity index (χ1) is 10.6. The Kier molecular flexibility index (Phi) is 4.46. The van der Waals surface area contributed by atoms with Crippen LogP contribution in [0.1, 0.15) is 19.4 Å². The van der Waals surface area contributed by atoms with Crippen molar-refractivity contribution in [3.63, 3.8) is 0 Å². The molecule has 0 radical (unpaired) electrons. The highest BCUT2D eigenvalue weighted by Crippen LogP contribution is 2.21. The molecule has 1 aromatic carbocycles. The minimum atomic E-state index is -1.23. The Morgan fingerprint density at radius 3 is 2.39 bits per heavy atom. The second-order valence-electron chi connectivity index (χ2n) is 5.78. The van der Waals surface area contributed by atoms with E-state index in [1.54, 1.807) is 0 Å². The van der Waals surface area contributed by atoms with Crippen LogP contribution in [0.4, 0.5) is 8.78 Å². The van der Waals surface area contributed by atoms with Crippen molar-refractivity contribution < 1.29 is 23.2 Å². The SMILES string of the molecule is C[C@H](NC(=O)Cc1cc(F)cc(F)c1)C(=O)C1(C)NC(=O)C1N. The van der Waals surface area contributed by atoms with Gasteiger partial charge in [0.15, 0.2) is 5.78 Å². The molecule has 0 bridgehead atoms. The van der Waals surface area contributed by atoms with Crippen LogP contribution in [0.3, 0.4) is 0 Å². The molecule has 4 N–H and O–H groups in total. The normalized spacial score (nSPS) is 24.4. The summed E-state index contributed by atoms with van der Waals surface area (Å²) in [6.45, 7) is 2.93. The first kappa shape index (κ1) is 17.0. The van der Waals surface area contributed by atoms with Crippen LogP contribution in [-0.4, -0.2) is 35.2 Å². The van der Waals surface area contributed by atoms with E-state index in [0.29, 0.717) is 6.07 Å². The lowest BCUT2D eigenvalue weighted by molar-refractivity contribution is -0.146. The molecular weight excluding hydrogens is 308 g/mol. The van der Waals surface area contributed by atoms with E-state index in [2.05, 4.69) is 10.6 Å². The largest absolute Gasteiger partial charge is 0.346 e. The molecular formula is C15H17F2N3O3. The predicted octanol–water partition coefficient (Wildman–Crippen LogP) is -0.203. The minimum Gasteiger partial charge on any atom is -0.346 e. The lowest BCUT2D eigenvalue weighted by Crippen LogP contribution is -2.80. The van der Waals surface area contributed by atoms with Crippen LogP contribution in [0.15, 0.2) is 18.2 Å². The number of rotatable bonds is 5. The van der Waals surface area contributed by atoms with E-state index in [9.17, 15) is 23.2 Å². The maximum atomic E-state index is 13.1. The molecule has 1 heterocycles. The summed E-state index contributed by atoms with van der Waals surface area (Å²) in [6, 6.07) is 0.913. The Bertz CT molecular complexity index is 660. The predicted molar refractivity (Wildman–Crippen MR) is 77.2 cm³/mol. The summed E-state index contributed by atoms with van der Waals surface area (Å²) in [4.78, 5) is 35.3. The molecule has 23 heavy (non-hydrogen) atoms. The summed E-state index contributed by atoms with van der Waals surface area (Å²) in [6.07, 6.45) is -0.276. The Hall–Kier alpha value is -2.35. The van der Waals surface area contributed by atoms with Gasteiger partial charge in [-0.05, 0) is 31.5 Å². The third kappa shape index (κ3) is 3.37. The molecule has 0 spiro atoms. The Balaban J connectivity index is 1.97. The van der Waals surface area contributed by atoms with Crippen LogP contribution in [0.5, 0.6) is 0 Å². The molecule has 3 atom stereocenters. The topological polar surface area (TPSA) is 101 Å². The van der Waals surface area contributed by atoms with Crippen LogP contribution in [-0.2, 0) is 20.8 Å². The van der Waals surface area contributed by atoms with Gasteiger partial charge in [0.1, 0.15) is 23.2 Å². The number of halogens is 2. The highest BCUT2D eigenvalue weighted by molar-refractivity contribution is 6.08. The monoisotopic (exact) mass is 325 g/mol. The highest BCUT2D eigenvalue weighted by Gasteiger charge is 2.54. The van der Waals surface area contributed by atoms with Gasteiger partial charge in [0.25, 0.3) is 0 Å². The van der Waals surface area contributed by atoms with Crippen LogP contribution in [0, 0.1) is 11.6 Å². The van der Waals surface area contributed by atoms with Gasteiger partial charge in [-0.3, -0.25) is 14.4 Å². The van der Waals surface area contributed by atoms with Gasteiger partial charge in [-0.15, -0.1) is 0 Å². The number of carbonyl (C=O) groups is 3. The number of β-lactam (4-membered cyclic amide) rings is 1. The van der Waals surface area contributed by atoms with Crippen LogP contribution >= 0.6 is 0 Å². The lowest BCUT2D eigenvalue weighted by atomic mass is 9.78. The quantitative estimate of drug-likeness (QED) is 0.652. The average Bonchev–Trinajstić information content (AvgIpc) is 2.44. The maximum absolute atomic E-state index is 13.1. The molecule has 0 saturated carbocycles. The first-order valence-electron chi connectivity index (χ1n) is 6.99. The van der Waals surface area contributed by atoms with Crippen molar-refractivity contribution in [2.75, 3.05) is 0 Å². The fourth-order valence-corrected chi connectivity index (χ4v) is 2.52. The number of hydrogen-bond donors (Lipinski definition) is 3. The van der Waals surface area contributed by atoms with Gasteiger partial charge in [-0.2, -0.15) is 0 Å². The van der Waals surface area contributed by atoms with Gasteiger partial charge in [0.05, 0.1) is 12.5 Å². The summed E-state index contributed by atoms with van der Waals surface area (Å²) in [7, 11) is 0. The molecule has 6 nitrogen and oxygen atoms in total. The molecule has 0 aliphatic carbocycles. The van der Waals surface area contributed by atoms with Crippen LogP contribution in [0.2, 0.25) is 0 Å². The number of nitrogens with two attached hydrogens (primary N) is 1. The van der Waals surface area contributed by atoms with Gasteiger partial charge in [-0.25, -0.2) is 8.78 Å². The maximum Gasteiger partial charge on any atom is 0.240 e. The van der Waals surface area contributed by atoms with E-state index in [-0.39, 0.29) is 12.0 Å². The second-order valence-corrected chi connectivity index (χ2v) is 5.78. The third-order valence-corrected chi connectivity index (χ3v) is 3.86. The number of Topliss-reactive ketones (excluding diaryl/α,β-unsaturated/α-hetero) is 1. The van der Waals surface area contributed by atoms with Gasteiger partial charge < -0.3 is 16.4 Å². The van der Waals surface area contributed by atoms with E-state index in [4.69, 9.17) is 5.73 Å². The summed E-state index contributed by atoms with van der Waals surface area (Å²) >= 11 is 0. The van der Waals surface area contributed by atoms with E-state index in [1.807, 2.05) is 0 Å². The first-order valence-corrected chi connectivity index (χ1v) is 6.99. The van der Waals surface area contributed by atoms with Crippen LogP contribution < -0.4 is 16.4 Å². The molecule has 2 unspecified atom stereocenters. The van der Waals surface area contributed by atoms with Gasteiger partial charge in [0.2, 0.25) is 11.8 Å². The zero-order valence-electron chi connectivity index (χ0n) is 12.7. The summed E-state index contributed by atoms with van der Waals surface area (Å²) in [5.41, 5.74) is 4.52. The molecule has 124 valence electrons. The van der Waals surface area contributed by atoms with E-state index >= 15 is 0 Å². The van der Waals surface area contributed by atoms with Crippen molar-refractivity contribution in [2.45, 2.75) is 37.9 Å². The molecule has 1 saturated heterocycles. The molecule has 1 aliphatic heterocycles. The minimum absolute atomic E-state index is 0.152. The molecule has 2 amide bonds. The summed E-state index contributed by atoms with van der Waals surface area (Å²) in [5.74, 6) is -3.02. The zero-order chi connectivity index (χ0) is 17.4. The standard InChI is InChI=1S/C15H17F2N3O3/c1-7(13(22)15(2)12(18)14(23)20-15)19-11(21)5-8-3-9(16)6-10(17)4-8/h3-4,6-7,12H,5,18H2,1-2H3,(H,19,21)(H,20,23)/t7-,12?,15?/m0/s1. The molecule has 1 aromatic rings. The average molecular weight is 325 g/mol. The van der Waals surface area contributed by atoms with E-state index in [1.165, 1.54) is 13.8 Å². The molecule has 0 aromatic heterocycles. The molecule has 2 rings (SSSR count). The molecule has 1 fully saturated rings. The summed E-state index contributed by atoms with van der Waals surface area (Å²) in [5, 5.41) is 4.86. The Morgan fingerprint density at radius 2 is 1.91 bits per heavy atom. The van der Waals surface area contributed by atoms with Crippen molar-refractivity contribution in [3.05, 3.63) is 35.4 Å². The fraction of sp³-hybridized carbons (Fsp3) is 0.400. The van der Waals surface area contributed by atoms with Crippen LogP contribution in [0.25, 0.3) is 0 Å². The molecule has 1 aliphatic rings. The number of nitrogens with one attached hydrogen (secondary N) is 2. The summed E-state index contributed by atoms with van der Waals surface area (Å²) < 4.78 is 26.2. The van der Waals surface area contributed by atoms with Crippen molar-refractivity contribution in [1.82, 2.24) is 10.6 Å². The van der Waals surface area contributed by atoms with Crippen molar-refractivity contribution in [1.29, 1.82) is 0 Å². The number of carbonyl (C=O) groups excluding carboxylic acids is 3. The highest BCUT2D eigenvalue weighted by atomic mass is 19.1. The third-order valence-electron chi connectivity index (χ3n) is 3.86. The van der Waals surface area contributed by atoms with Crippen molar-refractivity contribution in [3.8, 4) is 0 Å². The number of hydrogen-bond acceptors (Lipinski definition) is 4. The van der Waals surface area contributed by atoms with E-state index in [0.717, 1.165) is 12.1 Å². The Labute approximate surface area is 131 Å². The number of ketones is 1. The van der Waals surface area contributed by atoms with Crippen molar-refractivity contribution >= 4 is 17.6 Å². The molecule has 8 heteroatoms. The van der Waals surface area contributed by atoms with Gasteiger partial charge >= 0.3 is 0 Å². The second kappa shape index (κ2) is 6.04. The zero-order valence-corrected chi connectivity index (χ0v) is 12.7. The number of amides is 2. The van der Waals surface area contributed by atoms with Crippen molar-refractivity contribution in [2.24, 2.45) is 5.73 Å².